The molecule has 0 atom stereocenters. The van der Waals surface area contributed by atoms with Crippen molar-refractivity contribution < 1.29 is 22.7 Å². The number of esters is 1. The summed E-state index contributed by atoms with van der Waals surface area (Å²) in [5.41, 5.74) is 0. The fourth-order valence-electron chi connectivity index (χ4n) is 1.84. The van der Waals surface area contributed by atoms with Gasteiger partial charge in [-0.2, -0.15) is 4.31 Å². The predicted molar refractivity (Wildman–Crippen MR) is 70.3 cm³/mol. The second kappa shape index (κ2) is 7.78. The van der Waals surface area contributed by atoms with E-state index in [9.17, 15) is 13.2 Å². The first-order valence-corrected chi connectivity index (χ1v) is 8.19. The van der Waals surface area contributed by atoms with Gasteiger partial charge in [-0.1, -0.05) is 0 Å². The van der Waals surface area contributed by atoms with Crippen LogP contribution in [-0.4, -0.2) is 82.4 Å². The number of sulfonamides is 1. The molecular formula is C11H22N2O5S. The first-order valence-electron chi connectivity index (χ1n) is 6.34. The summed E-state index contributed by atoms with van der Waals surface area (Å²) in [4.78, 5) is 13.1. The van der Waals surface area contributed by atoms with Crippen LogP contribution in [0.2, 0.25) is 0 Å². The number of carbonyl (C=O) groups excluding carboxylic acids is 1. The Morgan fingerprint density at radius 3 is 2.37 bits per heavy atom. The number of carbonyl (C=O) groups is 1. The molecule has 0 bridgehead atoms. The normalized spacial score (nSPS) is 18.4. The highest BCUT2D eigenvalue weighted by atomic mass is 32.2. The molecule has 0 saturated carbocycles. The van der Waals surface area contributed by atoms with E-state index in [4.69, 9.17) is 9.47 Å². The maximum atomic E-state index is 11.3. The van der Waals surface area contributed by atoms with Crippen molar-refractivity contribution in [1.29, 1.82) is 0 Å². The van der Waals surface area contributed by atoms with Gasteiger partial charge in [0.05, 0.1) is 19.5 Å². The zero-order chi connectivity index (χ0) is 14.3. The van der Waals surface area contributed by atoms with Gasteiger partial charge >= 0.3 is 5.97 Å². The number of piperazine rings is 1. The zero-order valence-electron chi connectivity index (χ0n) is 11.5. The first kappa shape index (κ1) is 16.4. The van der Waals surface area contributed by atoms with Gasteiger partial charge in [0.25, 0.3) is 0 Å². The number of hydrogen-bond acceptors (Lipinski definition) is 6. The molecule has 0 aromatic rings. The van der Waals surface area contributed by atoms with E-state index in [0.29, 0.717) is 45.9 Å². The summed E-state index contributed by atoms with van der Waals surface area (Å²) in [5, 5.41) is 0. The number of rotatable bonds is 7. The summed E-state index contributed by atoms with van der Waals surface area (Å²) in [6, 6.07) is 0. The molecule has 0 aromatic carbocycles. The molecule has 0 spiro atoms. The molecule has 1 aliphatic heterocycles. The third kappa shape index (κ3) is 6.33. The number of hydrogen-bond donors (Lipinski definition) is 0. The van der Waals surface area contributed by atoms with E-state index >= 15 is 0 Å². The minimum Gasteiger partial charge on any atom is -0.464 e. The Kier molecular flexibility index (Phi) is 6.70. The van der Waals surface area contributed by atoms with Gasteiger partial charge < -0.3 is 9.47 Å². The van der Waals surface area contributed by atoms with E-state index in [1.807, 2.05) is 0 Å². The van der Waals surface area contributed by atoms with Crippen molar-refractivity contribution >= 4 is 16.0 Å². The zero-order valence-corrected chi connectivity index (χ0v) is 12.3. The molecule has 1 saturated heterocycles. The largest absolute Gasteiger partial charge is 0.464 e. The van der Waals surface area contributed by atoms with Gasteiger partial charge in [0, 0.05) is 32.7 Å². The molecule has 112 valence electrons. The Morgan fingerprint density at radius 2 is 1.84 bits per heavy atom. The predicted octanol–water partition coefficient (Wildman–Crippen LogP) is -0.857. The van der Waals surface area contributed by atoms with E-state index < -0.39 is 10.0 Å². The molecule has 1 aliphatic rings. The van der Waals surface area contributed by atoms with Gasteiger partial charge in [0.2, 0.25) is 10.0 Å². The van der Waals surface area contributed by atoms with Crippen LogP contribution in [-0.2, 0) is 24.3 Å². The van der Waals surface area contributed by atoms with Crippen molar-refractivity contribution in [2.45, 2.75) is 6.92 Å². The summed E-state index contributed by atoms with van der Waals surface area (Å²) >= 11 is 0. The Labute approximate surface area is 114 Å². The van der Waals surface area contributed by atoms with Crippen LogP contribution >= 0.6 is 0 Å². The third-order valence-corrected chi connectivity index (χ3v) is 4.18. The quantitative estimate of drug-likeness (QED) is 0.449. The molecule has 0 unspecified atom stereocenters. The van der Waals surface area contributed by atoms with Gasteiger partial charge in [-0.15, -0.1) is 0 Å². The molecule has 0 aromatic heterocycles. The lowest BCUT2D eigenvalue weighted by molar-refractivity contribution is -0.148. The monoisotopic (exact) mass is 294 g/mol. The van der Waals surface area contributed by atoms with E-state index in [0.717, 1.165) is 0 Å². The average molecular weight is 294 g/mol. The Hall–Kier alpha value is -0.700. The Balaban J connectivity index is 2.12. The molecule has 7 nitrogen and oxygen atoms in total. The van der Waals surface area contributed by atoms with E-state index in [2.05, 4.69) is 4.90 Å². The fraction of sp³-hybridized carbons (Fsp3) is 0.909. The van der Waals surface area contributed by atoms with Crippen LogP contribution < -0.4 is 0 Å². The standard InChI is InChI=1S/C11H22N2O5S/c1-3-18-11(14)10-17-9-8-12-4-6-13(7-5-12)19(2,15)16/h3-10H2,1-2H3. The summed E-state index contributed by atoms with van der Waals surface area (Å²) in [6.45, 7) is 5.61. The lowest BCUT2D eigenvalue weighted by atomic mass is 10.3. The molecule has 1 fully saturated rings. The highest BCUT2D eigenvalue weighted by molar-refractivity contribution is 7.88. The topological polar surface area (TPSA) is 76.2 Å². The molecule has 0 aliphatic carbocycles. The van der Waals surface area contributed by atoms with Crippen LogP contribution in [0.5, 0.6) is 0 Å². The smallest absolute Gasteiger partial charge is 0.332 e. The van der Waals surface area contributed by atoms with Gasteiger partial charge in [-0.3, -0.25) is 4.90 Å². The van der Waals surface area contributed by atoms with Crippen molar-refractivity contribution in [3.05, 3.63) is 0 Å². The lowest BCUT2D eigenvalue weighted by Crippen LogP contribution is -2.49. The summed E-state index contributed by atoms with van der Waals surface area (Å²) in [6.07, 6.45) is 1.23. The van der Waals surface area contributed by atoms with Gasteiger partial charge in [-0.25, -0.2) is 13.2 Å². The second-order valence-electron chi connectivity index (χ2n) is 4.36. The second-order valence-corrected chi connectivity index (χ2v) is 6.34. The minimum absolute atomic E-state index is 0.0306. The molecule has 8 heteroatoms. The van der Waals surface area contributed by atoms with Crippen molar-refractivity contribution in [2.75, 3.05) is 58.8 Å². The van der Waals surface area contributed by atoms with E-state index in [1.165, 1.54) is 10.6 Å². The van der Waals surface area contributed by atoms with E-state index in [-0.39, 0.29) is 12.6 Å². The molecule has 1 heterocycles. The highest BCUT2D eigenvalue weighted by Crippen LogP contribution is 2.05. The fourth-order valence-corrected chi connectivity index (χ4v) is 2.66. The summed E-state index contributed by atoms with van der Waals surface area (Å²) in [7, 11) is -3.08. The van der Waals surface area contributed by atoms with Crippen LogP contribution in [0.15, 0.2) is 0 Å². The van der Waals surface area contributed by atoms with Crippen LogP contribution in [0.1, 0.15) is 6.92 Å². The maximum Gasteiger partial charge on any atom is 0.332 e. The van der Waals surface area contributed by atoms with Gasteiger partial charge in [0.1, 0.15) is 6.61 Å². The molecule has 0 radical (unpaired) electrons. The van der Waals surface area contributed by atoms with Crippen molar-refractivity contribution in [3.63, 3.8) is 0 Å². The van der Waals surface area contributed by atoms with Crippen molar-refractivity contribution in [2.24, 2.45) is 0 Å². The lowest BCUT2D eigenvalue weighted by Gasteiger charge is -2.32. The van der Waals surface area contributed by atoms with E-state index in [1.54, 1.807) is 6.92 Å². The van der Waals surface area contributed by atoms with Gasteiger partial charge in [0.15, 0.2) is 0 Å². The summed E-state index contributed by atoms with van der Waals surface area (Å²) in [5.74, 6) is -0.357. The average Bonchev–Trinajstić information content (AvgIpc) is 2.34. The minimum atomic E-state index is -3.08. The van der Waals surface area contributed by atoms with Crippen LogP contribution in [0.3, 0.4) is 0 Å². The summed E-state index contributed by atoms with van der Waals surface area (Å²) < 4.78 is 34.0. The molecule has 0 N–H and O–H groups in total. The number of nitrogens with zero attached hydrogens (tertiary/aromatic N) is 2. The molecule has 1 rings (SSSR count). The molecular weight excluding hydrogens is 272 g/mol. The molecule has 0 amide bonds. The van der Waals surface area contributed by atoms with Gasteiger partial charge in [-0.05, 0) is 6.92 Å². The number of ether oxygens (including phenoxy) is 2. The Morgan fingerprint density at radius 1 is 1.21 bits per heavy atom. The third-order valence-electron chi connectivity index (χ3n) is 2.88. The van der Waals surface area contributed by atoms with Crippen LogP contribution in [0.4, 0.5) is 0 Å². The van der Waals surface area contributed by atoms with Crippen molar-refractivity contribution in [3.8, 4) is 0 Å². The maximum absolute atomic E-state index is 11.3. The Bertz CT molecular complexity index is 377. The van der Waals surface area contributed by atoms with Crippen LogP contribution in [0, 0.1) is 0 Å². The van der Waals surface area contributed by atoms with Crippen molar-refractivity contribution in [1.82, 2.24) is 9.21 Å². The molecule has 19 heavy (non-hydrogen) atoms. The SMILES string of the molecule is CCOC(=O)COCCN1CCN(S(C)(=O)=O)CC1. The van der Waals surface area contributed by atoms with Crippen LogP contribution in [0.25, 0.3) is 0 Å². The highest BCUT2D eigenvalue weighted by Gasteiger charge is 2.22. The first-order chi connectivity index (χ1) is 8.93.